The van der Waals surface area contributed by atoms with Crippen molar-refractivity contribution in [2.75, 3.05) is 12.5 Å². The molecule has 0 aliphatic rings. The highest BCUT2D eigenvalue weighted by Gasteiger charge is 2.17. The summed E-state index contributed by atoms with van der Waals surface area (Å²) in [6.45, 7) is 2.09. The van der Waals surface area contributed by atoms with E-state index in [9.17, 15) is 0 Å². The van der Waals surface area contributed by atoms with Gasteiger partial charge >= 0.3 is 0 Å². The van der Waals surface area contributed by atoms with Gasteiger partial charge in [0.25, 0.3) is 0 Å². The van der Waals surface area contributed by atoms with Gasteiger partial charge in [-0.2, -0.15) is 5.26 Å². The van der Waals surface area contributed by atoms with Gasteiger partial charge in [-0.3, -0.25) is 0 Å². The van der Waals surface area contributed by atoms with E-state index in [0.717, 1.165) is 0 Å². The highest BCUT2D eigenvalue weighted by molar-refractivity contribution is 6.31. The molecule has 0 heterocycles. The number of ether oxygens (including phenoxy) is 2. The van der Waals surface area contributed by atoms with Crippen molar-refractivity contribution in [3.8, 4) is 6.07 Å². The van der Waals surface area contributed by atoms with Crippen LogP contribution in [-0.4, -0.2) is 18.8 Å². The van der Waals surface area contributed by atoms with E-state index in [0.29, 0.717) is 23.1 Å². The fourth-order valence-electron chi connectivity index (χ4n) is 1.30. The Balaban J connectivity index is 2.67. The Morgan fingerprint density at radius 3 is 2.71 bits per heavy atom. The zero-order valence-electron chi connectivity index (χ0n) is 9.40. The van der Waals surface area contributed by atoms with Gasteiger partial charge < -0.3 is 9.47 Å². The van der Waals surface area contributed by atoms with Crippen molar-refractivity contribution in [1.82, 2.24) is 0 Å². The Bertz CT molecular complexity index is 392. The molecule has 0 saturated heterocycles. The smallest absolute Gasteiger partial charge is 0.173 e. The molecular weight excluding hydrogens is 261 g/mol. The van der Waals surface area contributed by atoms with Crippen LogP contribution in [-0.2, 0) is 9.47 Å². The van der Waals surface area contributed by atoms with E-state index in [4.69, 9.17) is 37.9 Å². The molecule has 0 N–H and O–H groups in total. The molecule has 0 amide bonds. The average Bonchev–Trinajstić information content (AvgIpc) is 2.34. The lowest BCUT2D eigenvalue weighted by Gasteiger charge is -2.18. The van der Waals surface area contributed by atoms with Gasteiger partial charge in [-0.1, -0.05) is 29.8 Å². The first-order valence-corrected chi connectivity index (χ1v) is 6.07. The van der Waals surface area contributed by atoms with E-state index in [2.05, 4.69) is 0 Å². The van der Waals surface area contributed by atoms with Crippen molar-refractivity contribution in [3.63, 3.8) is 0 Å². The number of alkyl halides is 1. The predicted octanol–water partition coefficient (Wildman–Crippen LogP) is 3.52. The van der Waals surface area contributed by atoms with Crippen LogP contribution < -0.4 is 0 Å². The summed E-state index contributed by atoms with van der Waals surface area (Å²) in [5, 5.41) is 9.57. The third kappa shape index (κ3) is 4.53. The third-order valence-electron chi connectivity index (χ3n) is 2.06. The van der Waals surface area contributed by atoms with Gasteiger partial charge in [0.2, 0.25) is 0 Å². The second-order valence-electron chi connectivity index (χ2n) is 3.29. The molecule has 0 radical (unpaired) electrons. The van der Waals surface area contributed by atoms with Crippen molar-refractivity contribution in [1.29, 1.82) is 5.26 Å². The standard InChI is InChI=1S/C12H13Cl2NO2/c1-9(16-7-6-13)17-12(8-15)10-4-2-3-5-11(10)14/h2-5,9,12H,6-7H2,1H3. The lowest BCUT2D eigenvalue weighted by Crippen LogP contribution is -2.17. The largest absolute Gasteiger partial charge is 0.352 e. The van der Waals surface area contributed by atoms with Crippen LogP contribution in [0, 0.1) is 11.3 Å². The molecule has 0 aliphatic heterocycles. The Labute approximate surface area is 111 Å². The van der Waals surface area contributed by atoms with Gasteiger partial charge in [0.15, 0.2) is 12.4 Å². The average molecular weight is 274 g/mol. The minimum Gasteiger partial charge on any atom is -0.352 e. The Hall–Kier alpha value is -0.790. The van der Waals surface area contributed by atoms with Crippen molar-refractivity contribution in [2.24, 2.45) is 0 Å². The lowest BCUT2D eigenvalue weighted by molar-refractivity contribution is -0.144. The maximum absolute atomic E-state index is 9.06. The van der Waals surface area contributed by atoms with Crippen LogP contribution in [0.4, 0.5) is 0 Å². The van der Waals surface area contributed by atoms with E-state index in [-0.39, 0.29) is 0 Å². The molecule has 2 unspecified atom stereocenters. The first kappa shape index (κ1) is 14.3. The highest BCUT2D eigenvalue weighted by Crippen LogP contribution is 2.26. The third-order valence-corrected chi connectivity index (χ3v) is 2.56. The van der Waals surface area contributed by atoms with E-state index < -0.39 is 12.4 Å². The fraction of sp³-hybridized carbons (Fsp3) is 0.417. The van der Waals surface area contributed by atoms with Crippen LogP contribution in [0.15, 0.2) is 24.3 Å². The maximum Gasteiger partial charge on any atom is 0.173 e. The molecule has 0 aliphatic carbocycles. The van der Waals surface area contributed by atoms with Crippen LogP contribution in [0.3, 0.4) is 0 Å². The van der Waals surface area contributed by atoms with Crippen LogP contribution in [0.25, 0.3) is 0 Å². The number of benzene rings is 1. The first-order valence-electron chi connectivity index (χ1n) is 5.16. The number of halogens is 2. The van der Waals surface area contributed by atoms with Crippen LogP contribution >= 0.6 is 23.2 Å². The molecule has 0 saturated carbocycles. The molecule has 17 heavy (non-hydrogen) atoms. The van der Waals surface area contributed by atoms with Crippen LogP contribution in [0.5, 0.6) is 0 Å². The molecule has 3 nitrogen and oxygen atoms in total. The molecule has 0 aromatic heterocycles. The number of nitrogens with zero attached hydrogens (tertiary/aromatic N) is 1. The molecule has 1 rings (SSSR count). The van der Waals surface area contributed by atoms with Crippen LogP contribution in [0.2, 0.25) is 5.02 Å². The zero-order valence-corrected chi connectivity index (χ0v) is 10.9. The number of nitriles is 1. The van der Waals surface area contributed by atoms with E-state index in [1.807, 2.05) is 6.07 Å². The molecule has 1 aromatic carbocycles. The number of rotatable bonds is 6. The van der Waals surface area contributed by atoms with Crippen LogP contribution in [0.1, 0.15) is 18.6 Å². The van der Waals surface area contributed by atoms with Crippen molar-refractivity contribution < 1.29 is 9.47 Å². The second kappa shape index (κ2) is 7.52. The first-order chi connectivity index (χ1) is 8.19. The fourth-order valence-corrected chi connectivity index (χ4v) is 1.63. The summed E-state index contributed by atoms with van der Waals surface area (Å²) < 4.78 is 10.7. The minimum atomic E-state index is -0.742. The van der Waals surface area contributed by atoms with Crippen molar-refractivity contribution in [2.45, 2.75) is 19.3 Å². The molecule has 0 spiro atoms. The monoisotopic (exact) mass is 273 g/mol. The molecule has 0 bridgehead atoms. The summed E-state index contributed by atoms with van der Waals surface area (Å²) in [5.41, 5.74) is 0.637. The molecule has 5 heteroatoms. The molecule has 1 aromatic rings. The van der Waals surface area contributed by atoms with Gasteiger partial charge in [0.1, 0.15) is 0 Å². The quantitative estimate of drug-likeness (QED) is 0.588. The summed E-state index contributed by atoms with van der Waals surface area (Å²) in [7, 11) is 0. The van der Waals surface area contributed by atoms with E-state index >= 15 is 0 Å². The molecule has 92 valence electrons. The summed E-state index contributed by atoms with van der Waals surface area (Å²) in [5.74, 6) is 0.386. The normalized spacial score (nSPS) is 14.0. The summed E-state index contributed by atoms with van der Waals surface area (Å²) in [6.07, 6.45) is -1.25. The lowest BCUT2D eigenvalue weighted by atomic mass is 10.1. The van der Waals surface area contributed by atoms with Gasteiger partial charge in [-0.05, 0) is 13.0 Å². The highest BCUT2D eigenvalue weighted by atomic mass is 35.5. The number of hydrogen-bond donors (Lipinski definition) is 0. The number of hydrogen-bond acceptors (Lipinski definition) is 3. The Morgan fingerprint density at radius 2 is 2.12 bits per heavy atom. The summed E-state index contributed by atoms with van der Waals surface area (Å²) in [6, 6.07) is 9.12. The molecule has 2 atom stereocenters. The minimum absolute atomic E-state index is 0.378. The van der Waals surface area contributed by atoms with Crippen molar-refractivity contribution in [3.05, 3.63) is 34.9 Å². The van der Waals surface area contributed by atoms with Crippen molar-refractivity contribution >= 4 is 23.2 Å². The van der Waals surface area contributed by atoms with Gasteiger partial charge in [-0.15, -0.1) is 11.6 Å². The van der Waals surface area contributed by atoms with Gasteiger partial charge in [0.05, 0.1) is 12.7 Å². The summed E-state index contributed by atoms with van der Waals surface area (Å²) in [4.78, 5) is 0. The molecular formula is C12H13Cl2NO2. The maximum atomic E-state index is 9.06. The van der Waals surface area contributed by atoms with Gasteiger partial charge in [-0.25, -0.2) is 0 Å². The predicted molar refractivity (Wildman–Crippen MR) is 67.0 cm³/mol. The van der Waals surface area contributed by atoms with E-state index in [1.165, 1.54) is 0 Å². The summed E-state index contributed by atoms with van der Waals surface area (Å²) >= 11 is 11.5. The molecule has 0 fully saturated rings. The Morgan fingerprint density at radius 1 is 1.41 bits per heavy atom. The van der Waals surface area contributed by atoms with Gasteiger partial charge in [0, 0.05) is 16.5 Å². The second-order valence-corrected chi connectivity index (χ2v) is 4.08. The SMILES string of the molecule is CC(OCCCl)OC(C#N)c1ccccc1Cl. The van der Waals surface area contributed by atoms with E-state index in [1.54, 1.807) is 31.2 Å². The zero-order chi connectivity index (χ0) is 12.7. The topological polar surface area (TPSA) is 42.2 Å². The Kier molecular flexibility index (Phi) is 6.31.